The lowest BCUT2D eigenvalue weighted by Crippen LogP contribution is -2.37. The van der Waals surface area contributed by atoms with Crippen molar-refractivity contribution < 1.29 is 4.42 Å². The van der Waals surface area contributed by atoms with Gasteiger partial charge in [-0.2, -0.15) is 0 Å². The van der Waals surface area contributed by atoms with E-state index in [0.29, 0.717) is 12.4 Å². The van der Waals surface area contributed by atoms with Crippen LogP contribution < -0.4 is 10.6 Å². The summed E-state index contributed by atoms with van der Waals surface area (Å²) in [5, 5.41) is 6.44. The van der Waals surface area contributed by atoms with E-state index in [0.717, 1.165) is 31.2 Å². The topological polar surface area (TPSA) is 62.5 Å². The van der Waals surface area contributed by atoms with E-state index in [-0.39, 0.29) is 5.41 Å². The van der Waals surface area contributed by atoms with Crippen molar-refractivity contribution in [2.24, 2.45) is 4.99 Å². The monoisotopic (exact) mass is 266 g/mol. The van der Waals surface area contributed by atoms with Gasteiger partial charge in [0.1, 0.15) is 12.3 Å². The van der Waals surface area contributed by atoms with Crippen LogP contribution in [0, 0.1) is 0 Å². The van der Waals surface area contributed by atoms with Gasteiger partial charge in [0.15, 0.2) is 5.96 Å². The molecule has 0 atom stereocenters. The zero-order valence-corrected chi connectivity index (χ0v) is 12.7. The normalized spacial score (nSPS) is 12.6. The molecule has 0 radical (unpaired) electrons. The summed E-state index contributed by atoms with van der Waals surface area (Å²) >= 11 is 0. The zero-order chi connectivity index (χ0) is 14.3. The van der Waals surface area contributed by atoms with Gasteiger partial charge >= 0.3 is 0 Å². The highest BCUT2D eigenvalue weighted by Crippen LogP contribution is 2.22. The number of nitrogens with zero attached hydrogens (tertiary/aromatic N) is 2. The van der Waals surface area contributed by atoms with Crippen molar-refractivity contribution in [3.63, 3.8) is 0 Å². The number of guanidine groups is 1. The Hall–Kier alpha value is -1.52. The fourth-order valence-corrected chi connectivity index (χ4v) is 1.46. The van der Waals surface area contributed by atoms with Gasteiger partial charge in [-0.05, 0) is 13.3 Å². The van der Waals surface area contributed by atoms with Crippen LogP contribution in [-0.4, -0.2) is 24.0 Å². The first-order valence-corrected chi connectivity index (χ1v) is 6.94. The molecule has 0 saturated heterocycles. The van der Waals surface area contributed by atoms with Crippen LogP contribution >= 0.6 is 0 Å². The van der Waals surface area contributed by atoms with Crippen molar-refractivity contribution in [1.29, 1.82) is 0 Å². The Morgan fingerprint density at radius 1 is 1.32 bits per heavy atom. The highest BCUT2D eigenvalue weighted by molar-refractivity contribution is 5.79. The van der Waals surface area contributed by atoms with Crippen LogP contribution in [-0.2, 0) is 12.0 Å². The first kappa shape index (κ1) is 15.5. The average molecular weight is 266 g/mol. The lowest BCUT2D eigenvalue weighted by molar-refractivity contribution is 0.383. The van der Waals surface area contributed by atoms with Crippen molar-refractivity contribution in [3.8, 4) is 0 Å². The fourth-order valence-electron chi connectivity index (χ4n) is 1.46. The van der Waals surface area contributed by atoms with Crippen molar-refractivity contribution in [2.45, 2.75) is 53.0 Å². The molecule has 108 valence electrons. The van der Waals surface area contributed by atoms with Gasteiger partial charge in [0, 0.05) is 18.5 Å². The molecule has 19 heavy (non-hydrogen) atoms. The summed E-state index contributed by atoms with van der Waals surface area (Å²) in [6.07, 6.45) is 2.86. The van der Waals surface area contributed by atoms with E-state index in [1.807, 2.05) is 6.92 Å². The third kappa shape index (κ3) is 5.32. The van der Waals surface area contributed by atoms with Gasteiger partial charge in [-0.1, -0.05) is 27.7 Å². The molecule has 0 amide bonds. The van der Waals surface area contributed by atoms with Crippen LogP contribution in [0.25, 0.3) is 0 Å². The summed E-state index contributed by atoms with van der Waals surface area (Å²) < 4.78 is 5.71. The van der Waals surface area contributed by atoms with Crippen molar-refractivity contribution in [3.05, 3.63) is 17.8 Å². The zero-order valence-electron chi connectivity index (χ0n) is 12.7. The van der Waals surface area contributed by atoms with Gasteiger partial charge in [0.05, 0.1) is 6.20 Å². The molecular weight excluding hydrogens is 240 g/mol. The SMILES string of the molecule is CCCNC(=NCc1ncc(C(C)(C)C)o1)NCC. The molecule has 0 spiro atoms. The number of oxazole rings is 1. The van der Waals surface area contributed by atoms with Gasteiger partial charge in [-0.25, -0.2) is 9.98 Å². The largest absolute Gasteiger partial charge is 0.443 e. The summed E-state index contributed by atoms with van der Waals surface area (Å²) in [4.78, 5) is 8.72. The van der Waals surface area contributed by atoms with Gasteiger partial charge < -0.3 is 15.1 Å². The summed E-state index contributed by atoms with van der Waals surface area (Å²) in [6, 6.07) is 0. The van der Waals surface area contributed by atoms with Crippen molar-refractivity contribution >= 4 is 5.96 Å². The molecule has 2 N–H and O–H groups in total. The number of rotatable bonds is 5. The summed E-state index contributed by atoms with van der Waals surface area (Å²) in [5.74, 6) is 2.35. The summed E-state index contributed by atoms with van der Waals surface area (Å²) in [7, 11) is 0. The van der Waals surface area contributed by atoms with Crippen LogP contribution in [0.1, 0.15) is 52.7 Å². The molecule has 5 heteroatoms. The summed E-state index contributed by atoms with van der Waals surface area (Å²) in [6.45, 7) is 12.7. The molecule has 0 aromatic carbocycles. The van der Waals surface area contributed by atoms with E-state index in [9.17, 15) is 0 Å². The Morgan fingerprint density at radius 3 is 2.58 bits per heavy atom. The van der Waals surface area contributed by atoms with E-state index in [1.54, 1.807) is 6.20 Å². The molecule has 1 rings (SSSR count). The van der Waals surface area contributed by atoms with Crippen molar-refractivity contribution in [2.75, 3.05) is 13.1 Å². The first-order chi connectivity index (χ1) is 8.97. The molecule has 1 aromatic rings. The second kappa shape index (κ2) is 7.16. The Kier molecular flexibility index (Phi) is 5.86. The van der Waals surface area contributed by atoms with Crippen LogP contribution in [0.5, 0.6) is 0 Å². The van der Waals surface area contributed by atoms with E-state index in [1.165, 1.54) is 0 Å². The second-order valence-electron chi connectivity index (χ2n) is 5.49. The molecule has 0 bridgehead atoms. The molecular formula is C14H26N4O. The second-order valence-corrected chi connectivity index (χ2v) is 5.49. The molecule has 0 fully saturated rings. The molecule has 0 saturated carbocycles. The quantitative estimate of drug-likeness (QED) is 0.634. The molecule has 0 aliphatic rings. The highest BCUT2D eigenvalue weighted by atomic mass is 16.4. The predicted molar refractivity (Wildman–Crippen MR) is 78.3 cm³/mol. The number of aliphatic imine (C=N–C) groups is 1. The smallest absolute Gasteiger partial charge is 0.216 e. The van der Waals surface area contributed by atoms with Gasteiger partial charge in [0.25, 0.3) is 0 Å². The number of aromatic nitrogens is 1. The predicted octanol–water partition coefficient (Wildman–Crippen LogP) is 2.44. The van der Waals surface area contributed by atoms with Gasteiger partial charge in [0.2, 0.25) is 5.89 Å². The first-order valence-electron chi connectivity index (χ1n) is 6.94. The minimum atomic E-state index is -0.0140. The number of hydrogen-bond donors (Lipinski definition) is 2. The lowest BCUT2D eigenvalue weighted by Gasteiger charge is -2.13. The Bertz CT molecular complexity index is 404. The lowest BCUT2D eigenvalue weighted by atomic mass is 9.94. The van der Waals surface area contributed by atoms with Gasteiger partial charge in [-0.15, -0.1) is 0 Å². The van der Waals surface area contributed by atoms with Crippen LogP contribution in [0.2, 0.25) is 0 Å². The third-order valence-electron chi connectivity index (χ3n) is 2.55. The fraction of sp³-hybridized carbons (Fsp3) is 0.714. The molecule has 0 aliphatic carbocycles. The minimum absolute atomic E-state index is 0.0140. The maximum Gasteiger partial charge on any atom is 0.216 e. The maximum absolute atomic E-state index is 5.71. The molecule has 5 nitrogen and oxygen atoms in total. The van der Waals surface area contributed by atoms with E-state index >= 15 is 0 Å². The Morgan fingerprint density at radius 2 is 2.05 bits per heavy atom. The third-order valence-corrected chi connectivity index (χ3v) is 2.55. The minimum Gasteiger partial charge on any atom is -0.443 e. The van der Waals surface area contributed by atoms with Crippen LogP contribution in [0.15, 0.2) is 15.6 Å². The number of hydrogen-bond acceptors (Lipinski definition) is 3. The summed E-state index contributed by atoms with van der Waals surface area (Å²) in [5.41, 5.74) is -0.0140. The highest BCUT2D eigenvalue weighted by Gasteiger charge is 2.18. The molecule has 0 aliphatic heterocycles. The standard InChI is InChI=1S/C14H26N4O/c1-6-8-16-13(15-7-2)18-10-12-17-9-11(19-12)14(3,4)5/h9H,6-8,10H2,1-5H3,(H2,15,16,18). The van der Waals surface area contributed by atoms with Crippen LogP contribution in [0.3, 0.4) is 0 Å². The van der Waals surface area contributed by atoms with Crippen LogP contribution in [0.4, 0.5) is 0 Å². The van der Waals surface area contributed by atoms with Crippen molar-refractivity contribution in [1.82, 2.24) is 15.6 Å². The molecule has 1 aromatic heterocycles. The van der Waals surface area contributed by atoms with E-state index < -0.39 is 0 Å². The average Bonchev–Trinajstić information content (AvgIpc) is 2.81. The molecule has 0 unspecified atom stereocenters. The number of nitrogens with one attached hydrogen (secondary N) is 2. The van der Waals surface area contributed by atoms with E-state index in [2.05, 4.69) is 48.3 Å². The Labute approximate surface area is 115 Å². The van der Waals surface area contributed by atoms with Gasteiger partial charge in [-0.3, -0.25) is 0 Å². The maximum atomic E-state index is 5.71. The molecule has 1 heterocycles. The Balaban J connectivity index is 2.64. The van der Waals surface area contributed by atoms with E-state index in [4.69, 9.17) is 4.42 Å².